The maximum Gasteiger partial charge on any atom is 0.247 e. The molecule has 2 aromatic carbocycles. The van der Waals surface area contributed by atoms with Gasteiger partial charge in [-0.3, -0.25) is 24.0 Å². The van der Waals surface area contributed by atoms with Gasteiger partial charge in [-0.05, 0) is 74.1 Å². The number of anilines is 1. The lowest BCUT2D eigenvalue weighted by molar-refractivity contribution is -0.146. The lowest BCUT2D eigenvalue weighted by atomic mass is 9.89. The average molecular weight is 1020 g/mol. The van der Waals surface area contributed by atoms with Crippen molar-refractivity contribution in [2.24, 2.45) is 27.9 Å². The van der Waals surface area contributed by atoms with Gasteiger partial charge >= 0.3 is 0 Å². The molecule has 3 N–H and O–H groups in total. The first-order valence-electron chi connectivity index (χ1n) is 26.1. The lowest BCUT2D eigenvalue weighted by Crippen LogP contribution is -2.55. The molecule has 0 bridgehead atoms. The molecular formula is C55H89N9O9. The molecule has 1 aliphatic heterocycles. The number of rotatable bonds is 29. The van der Waals surface area contributed by atoms with E-state index >= 15 is 0 Å². The molecule has 18 heteroatoms. The van der Waals surface area contributed by atoms with E-state index in [9.17, 15) is 24.0 Å². The van der Waals surface area contributed by atoms with Gasteiger partial charge in [0.15, 0.2) is 5.96 Å². The minimum atomic E-state index is -0.938. The minimum absolute atomic E-state index is 0.00871. The second-order valence-corrected chi connectivity index (χ2v) is 19.9. The number of likely N-dealkylation sites (N-methyl/N-ethyl adjacent to an activating group) is 1. The zero-order valence-corrected chi connectivity index (χ0v) is 46.4. The Kier molecular flexibility index (Phi) is 26.8. The van der Waals surface area contributed by atoms with Crippen LogP contribution >= 0.6 is 0 Å². The Morgan fingerprint density at radius 1 is 0.836 bits per heavy atom. The van der Waals surface area contributed by atoms with Crippen LogP contribution < -0.4 is 16.0 Å². The number of nitrogens with one attached hydrogen (secondary N) is 3. The van der Waals surface area contributed by atoms with E-state index in [0.29, 0.717) is 56.7 Å². The molecule has 1 fully saturated rings. The van der Waals surface area contributed by atoms with Gasteiger partial charge in [0.05, 0.1) is 43.2 Å². The molecule has 0 radical (unpaired) electrons. The molecule has 0 aliphatic carbocycles. The number of amides is 5. The summed E-state index contributed by atoms with van der Waals surface area (Å²) in [5.74, 6) is -0.815. The highest BCUT2D eigenvalue weighted by atomic mass is 16.6. The van der Waals surface area contributed by atoms with Gasteiger partial charge in [0.2, 0.25) is 35.4 Å². The number of methoxy groups -OCH3 is 2. The number of ether oxygens (including phenoxy) is 3. The first-order valence-corrected chi connectivity index (χ1v) is 26.1. The van der Waals surface area contributed by atoms with Crippen molar-refractivity contribution in [1.82, 2.24) is 30.2 Å². The van der Waals surface area contributed by atoms with Gasteiger partial charge in [0, 0.05) is 88.0 Å². The highest BCUT2D eigenvalue weighted by Gasteiger charge is 2.43. The standard InChI is InChI=1S/C55H89N9O9/c1-15-38(5)50(63(12)54(69)49(37(3)4)59-55(61(8)9)62(10)11)46(70-13)35-48(66)64-32-23-26-45(64)51(71-14)39(6)52(67)58-44(34-41-24-19-17-20-25-41)53(68)57-43-30-28-42(29-31-43)36-56-47(65)27-21-18-22-33-73-60-40(7)72-16-2/h17,19-20,24-25,28-31,37-39,44-46,49-51H,15-16,18,21-23,26-27,32-36H2,1-14H3,(H,56,65)(H,57,68)(H,58,67)/b60-40-/t38-,39+,44-,45-,46+,49-,50-,51+/m0/s1. The Hall–Kier alpha value is -5.75. The van der Waals surface area contributed by atoms with Gasteiger partial charge in [-0.25, -0.2) is 4.99 Å². The molecule has 0 spiro atoms. The summed E-state index contributed by atoms with van der Waals surface area (Å²) in [4.78, 5) is 87.2. The van der Waals surface area contributed by atoms with Crippen molar-refractivity contribution in [3.05, 3.63) is 65.7 Å². The van der Waals surface area contributed by atoms with Crippen LogP contribution in [-0.4, -0.2) is 167 Å². The normalized spacial score (nSPS) is 16.5. The van der Waals surface area contributed by atoms with Crippen LogP contribution in [0.15, 0.2) is 64.7 Å². The summed E-state index contributed by atoms with van der Waals surface area (Å²) >= 11 is 0. The average Bonchev–Trinajstić information content (AvgIpc) is 3.85. The van der Waals surface area contributed by atoms with Gasteiger partial charge < -0.3 is 54.6 Å². The van der Waals surface area contributed by atoms with Crippen molar-refractivity contribution in [2.75, 3.05) is 74.5 Å². The second-order valence-electron chi connectivity index (χ2n) is 19.9. The zero-order valence-electron chi connectivity index (χ0n) is 46.4. The molecular weight excluding hydrogens is 931 g/mol. The van der Waals surface area contributed by atoms with Crippen LogP contribution in [0, 0.1) is 17.8 Å². The third-order valence-electron chi connectivity index (χ3n) is 13.5. The topological polar surface area (TPSA) is 196 Å². The molecule has 18 nitrogen and oxygen atoms in total. The predicted molar refractivity (Wildman–Crippen MR) is 288 cm³/mol. The predicted octanol–water partition coefficient (Wildman–Crippen LogP) is 6.34. The Balaban J connectivity index is 1.70. The minimum Gasteiger partial charge on any atom is -0.479 e. The quantitative estimate of drug-likeness (QED) is 0.0356. The first-order chi connectivity index (χ1) is 34.8. The number of unbranched alkanes of at least 4 members (excludes halogenated alkanes) is 2. The third kappa shape index (κ3) is 19.6. The van der Waals surface area contributed by atoms with Crippen molar-refractivity contribution in [3.8, 4) is 0 Å². The summed E-state index contributed by atoms with van der Waals surface area (Å²) in [7, 11) is 12.5. The summed E-state index contributed by atoms with van der Waals surface area (Å²) in [5.41, 5.74) is 2.27. The third-order valence-corrected chi connectivity index (χ3v) is 13.5. The highest BCUT2D eigenvalue weighted by molar-refractivity contribution is 5.97. The van der Waals surface area contributed by atoms with E-state index in [1.54, 1.807) is 57.0 Å². The molecule has 0 saturated carbocycles. The summed E-state index contributed by atoms with van der Waals surface area (Å²) < 4.78 is 17.4. The van der Waals surface area contributed by atoms with Gasteiger partial charge in [-0.15, -0.1) is 0 Å². The van der Waals surface area contributed by atoms with E-state index in [4.69, 9.17) is 24.0 Å². The van der Waals surface area contributed by atoms with E-state index in [-0.39, 0.29) is 48.3 Å². The first kappa shape index (κ1) is 61.5. The number of hydrogen-bond acceptors (Lipinski definition) is 11. The molecule has 1 heterocycles. The Bertz CT molecular complexity index is 2060. The van der Waals surface area contributed by atoms with Crippen molar-refractivity contribution in [2.45, 2.75) is 149 Å². The highest BCUT2D eigenvalue weighted by Crippen LogP contribution is 2.30. The molecule has 8 atom stereocenters. The van der Waals surface area contributed by atoms with Crippen LogP contribution in [0.4, 0.5) is 5.69 Å². The van der Waals surface area contributed by atoms with Gasteiger partial charge in [-0.2, -0.15) is 0 Å². The number of aliphatic imine (C=N–C) groups is 1. The van der Waals surface area contributed by atoms with Crippen LogP contribution in [0.5, 0.6) is 0 Å². The van der Waals surface area contributed by atoms with Crippen LogP contribution in [-0.2, 0) is 56.0 Å². The summed E-state index contributed by atoms with van der Waals surface area (Å²) in [5, 5.41) is 12.8. The van der Waals surface area contributed by atoms with E-state index in [2.05, 4.69) is 35.0 Å². The van der Waals surface area contributed by atoms with Gasteiger partial charge in [0.1, 0.15) is 18.7 Å². The Morgan fingerprint density at radius 3 is 2.10 bits per heavy atom. The van der Waals surface area contributed by atoms with Crippen LogP contribution in [0.3, 0.4) is 0 Å². The molecule has 1 saturated heterocycles. The molecule has 1 aliphatic rings. The second kappa shape index (κ2) is 31.8. The van der Waals surface area contributed by atoms with E-state index in [0.717, 1.165) is 43.2 Å². The Morgan fingerprint density at radius 2 is 1.51 bits per heavy atom. The molecule has 5 amide bonds. The lowest BCUT2D eigenvalue weighted by Gasteiger charge is -2.40. The summed E-state index contributed by atoms with van der Waals surface area (Å²) in [6.07, 6.45) is 3.77. The maximum atomic E-state index is 14.5. The fourth-order valence-electron chi connectivity index (χ4n) is 9.35. The van der Waals surface area contributed by atoms with Crippen LogP contribution in [0.2, 0.25) is 0 Å². The maximum absolute atomic E-state index is 14.5. The van der Waals surface area contributed by atoms with Crippen molar-refractivity contribution in [1.29, 1.82) is 0 Å². The molecule has 73 heavy (non-hydrogen) atoms. The van der Waals surface area contributed by atoms with Crippen LogP contribution in [0.1, 0.15) is 111 Å². The SMILES string of the molecule is CCO/C(C)=N\OCCCCCC(=O)NCc1ccc(NC(=O)[C@H](Cc2ccccc2)NC(=O)[C@H](C)[C@@H](OC)[C@@H]2CCCN2C(=O)C[C@@H](OC)[C@H]([C@@H](C)CC)N(C)C(=O)[C@@H](N=C(N(C)C)N(C)C)C(C)C)cc1. The molecule has 408 valence electrons. The fourth-order valence-corrected chi connectivity index (χ4v) is 9.35. The smallest absolute Gasteiger partial charge is 0.247 e. The number of oxime groups is 1. The Labute approximate surface area is 436 Å². The van der Waals surface area contributed by atoms with E-state index in [1.807, 2.05) is 101 Å². The van der Waals surface area contributed by atoms with E-state index < -0.39 is 48.2 Å². The molecule has 0 aromatic heterocycles. The number of guanidine groups is 1. The van der Waals surface area contributed by atoms with Crippen LogP contribution in [0.25, 0.3) is 0 Å². The van der Waals surface area contributed by atoms with Crippen molar-refractivity contribution < 1.29 is 43.0 Å². The molecule has 3 rings (SSSR count). The fraction of sp³-hybridized carbons (Fsp3) is 0.655. The monoisotopic (exact) mass is 1020 g/mol. The number of benzene rings is 2. The summed E-state index contributed by atoms with van der Waals surface area (Å²) in [6, 6.07) is 14.2. The van der Waals surface area contributed by atoms with Crippen molar-refractivity contribution in [3.63, 3.8) is 0 Å². The summed E-state index contributed by atoms with van der Waals surface area (Å²) in [6.45, 7) is 15.3. The largest absolute Gasteiger partial charge is 0.479 e. The van der Waals surface area contributed by atoms with Gasteiger partial charge in [-0.1, -0.05) is 88.7 Å². The number of carbonyl (C=O) groups is 5. The zero-order chi connectivity index (χ0) is 54.2. The number of carbonyl (C=O) groups excluding carboxylic acids is 5. The molecule has 0 unspecified atom stereocenters. The molecule has 2 aromatic rings. The number of likely N-dealkylation sites (tertiary alicyclic amines) is 1. The number of hydrogen-bond donors (Lipinski definition) is 3. The number of nitrogens with zero attached hydrogens (tertiary/aromatic N) is 6. The van der Waals surface area contributed by atoms with E-state index in [1.165, 1.54) is 0 Å². The van der Waals surface area contributed by atoms with Crippen molar-refractivity contribution >= 4 is 47.1 Å². The van der Waals surface area contributed by atoms with Gasteiger partial charge in [0.25, 0.3) is 0 Å².